The molecule has 2 rings (SSSR count). The number of hydrogen-bond acceptors (Lipinski definition) is 3. The van der Waals surface area contributed by atoms with Gasteiger partial charge in [-0.1, -0.05) is 18.2 Å². The van der Waals surface area contributed by atoms with E-state index in [9.17, 15) is 13.2 Å². The van der Waals surface area contributed by atoms with Crippen LogP contribution in [0.4, 0.5) is 13.2 Å². The van der Waals surface area contributed by atoms with Gasteiger partial charge in [0.05, 0.1) is 12.3 Å². The first-order chi connectivity index (χ1) is 10.9. The van der Waals surface area contributed by atoms with E-state index in [2.05, 4.69) is 11.7 Å². The van der Waals surface area contributed by atoms with Crippen molar-refractivity contribution in [1.82, 2.24) is 14.7 Å². The number of rotatable bonds is 7. The molecule has 23 heavy (non-hydrogen) atoms. The Labute approximate surface area is 132 Å². The maximum Gasteiger partial charge on any atom is 0.435 e. The molecule has 0 bridgehead atoms. The third-order valence-corrected chi connectivity index (χ3v) is 3.29. The number of aliphatic hydroxyl groups excluding tert-OH is 1. The predicted molar refractivity (Wildman–Crippen MR) is 81.1 cm³/mol. The lowest BCUT2D eigenvalue weighted by Gasteiger charge is -2.19. The van der Waals surface area contributed by atoms with Crippen LogP contribution in [0, 0.1) is 0 Å². The third-order valence-electron chi connectivity index (χ3n) is 3.29. The predicted octanol–water partition coefficient (Wildman–Crippen LogP) is 2.87. The maximum absolute atomic E-state index is 12.6. The van der Waals surface area contributed by atoms with E-state index in [0.29, 0.717) is 25.3 Å². The normalized spacial score (nSPS) is 11.9. The molecule has 0 radical (unpaired) electrons. The van der Waals surface area contributed by atoms with E-state index in [0.717, 1.165) is 11.6 Å². The highest BCUT2D eigenvalue weighted by atomic mass is 19.4. The third kappa shape index (κ3) is 4.67. The van der Waals surface area contributed by atoms with Crippen LogP contribution in [0.25, 0.3) is 5.69 Å². The number of hydrogen-bond donors (Lipinski definition) is 1. The summed E-state index contributed by atoms with van der Waals surface area (Å²) in [6.07, 6.45) is -1.40. The summed E-state index contributed by atoms with van der Waals surface area (Å²) in [6, 6.07) is 8.04. The van der Waals surface area contributed by atoms with Crippen molar-refractivity contribution in [2.75, 3.05) is 19.7 Å². The van der Waals surface area contributed by atoms with Crippen molar-refractivity contribution >= 4 is 0 Å². The van der Waals surface area contributed by atoms with Gasteiger partial charge in [-0.05, 0) is 23.8 Å². The summed E-state index contributed by atoms with van der Waals surface area (Å²) < 4.78 is 38.9. The van der Waals surface area contributed by atoms with Crippen molar-refractivity contribution in [3.05, 3.63) is 60.4 Å². The lowest BCUT2D eigenvalue weighted by atomic mass is 10.2. The molecule has 4 nitrogen and oxygen atoms in total. The number of nitrogens with zero attached hydrogens (tertiary/aromatic N) is 3. The first-order valence-electron chi connectivity index (χ1n) is 7.10. The molecule has 0 saturated carbocycles. The monoisotopic (exact) mass is 325 g/mol. The molecular weight excluding hydrogens is 307 g/mol. The van der Waals surface area contributed by atoms with Crippen LogP contribution in [0.5, 0.6) is 0 Å². The number of alkyl halides is 3. The van der Waals surface area contributed by atoms with Crippen LogP contribution >= 0.6 is 0 Å². The Hall–Kier alpha value is -2.12. The highest BCUT2D eigenvalue weighted by molar-refractivity contribution is 5.34. The van der Waals surface area contributed by atoms with Crippen LogP contribution in [0.1, 0.15) is 11.3 Å². The fraction of sp³-hybridized carbons (Fsp3) is 0.312. The molecule has 0 aliphatic rings. The Kier molecular flexibility index (Phi) is 5.57. The Morgan fingerprint density at radius 1 is 1.22 bits per heavy atom. The summed E-state index contributed by atoms with van der Waals surface area (Å²) in [7, 11) is 0. The summed E-state index contributed by atoms with van der Waals surface area (Å²) >= 11 is 0. The molecule has 0 unspecified atom stereocenters. The van der Waals surface area contributed by atoms with Gasteiger partial charge >= 0.3 is 6.18 Å². The van der Waals surface area contributed by atoms with E-state index >= 15 is 0 Å². The minimum atomic E-state index is -4.44. The van der Waals surface area contributed by atoms with Gasteiger partial charge in [0.1, 0.15) is 0 Å². The molecule has 2 aromatic rings. The molecule has 0 spiro atoms. The molecule has 0 fully saturated rings. The zero-order valence-electron chi connectivity index (χ0n) is 12.5. The Bertz CT molecular complexity index is 635. The molecule has 0 atom stereocenters. The van der Waals surface area contributed by atoms with E-state index in [1.807, 2.05) is 17.0 Å². The minimum absolute atomic E-state index is 0.0550. The maximum atomic E-state index is 12.6. The standard InChI is InChI=1S/C16H18F3N3O/c1-2-8-21(10-11-23)12-13-3-5-14(6-4-13)22-9-7-15(20-22)16(17,18)19/h2-7,9,23H,1,8,10-12H2. The molecular formula is C16H18F3N3O. The summed E-state index contributed by atoms with van der Waals surface area (Å²) in [6.45, 7) is 5.53. The van der Waals surface area contributed by atoms with Crippen molar-refractivity contribution in [1.29, 1.82) is 0 Å². The van der Waals surface area contributed by atoms with Crippen molar-refractivity contribution < 1.29 is 18.3 Å². The van der Waals surface area contributed by atoms with Gasteiger partial charge in [0.2, 0.25) is 0 Å². The second-order valence-electron chi connectivity index (χ2n) is 5.06. The SMILES string of the molecule is C=CCN(CCO)Cc1ccc(-n2ccc(C(F)(F)F)n2)cc1. The van der Waals surface area contributed by atoms with Gasteiger partial charge in [0.25, 0.3) is 0 Å². The van der Waals surface area contributed by atoms with Gasteiger partial charge in [0, 0.05) is 25.8 Å². The van der Waals surface area contributed by atoms with Gasteiger partial charge in [-0.3, -0.25) is 4.90 Å². The topological polar surface area (TPSA) is 41.3 Å². The van der Waals surface area contributed by atoms with E-state index in [-0.39, 0.29) is 6.61 Å². The fourth-order valence-corrected chi connectivity index (χ4v) is 2.19. The van der Waals surface area contributed by atoms with Crippen LogP contribution in [-0.4, -0.2) is 39.5 Å². The van der Waals surface area contributed by atoms with Gasteiger partial charge < -0.3 is 5.11 Å². The number of aromatic nitrogens is 2. The van der Waals surface area contributed by atoms with Crippen molar-refractivity contribution in [3.8, 4) is 5.69 Å². The lowest BCUT2D eigenvalue weighted by Crippen LogP contribution is -2.26. The Balaban J connectivity index is 2.09. The summed E-state index contributed by atoms with van der Waals surface area (Å²) in [4.78, 5) is 2.01. The number of aliphatic hydroxyl groups is 1. The van der Waals surface area contributed by atoms with E-state index in [4.69, 9.17) is 5.11 Å². The van der Waals surface area contributed by atoms with Crippen LogP contribution < -0.4 is 0 Å². The average molecular weight is 325 g/mol. The van der Waals surface area contributed by atoms with E-state index < -0.39 is 11.9 Å². The first-order valence-corrected chi connectivity index (χ1v) is 7.10. The van der Waals surface area contributed by atoms with E-state index in [1.54, 1.807) is 18.2 Å². The molecule has 1 N–H and O–H groups in total. The summed E-state index contributed by atoms with van der Waals surface area (Å²) in [5.74, 6) is 0. The van der Waals surface area contributed by atoms with E-state index in [1.165, 1.54) is 10.9 Å². The Morgan fingerprint density at radius 2 is 1.91 bits per heavy atom. The molecule has 1 aromatic heterocycles. The second kappa shape index (κ2) is 7.43. The molecule has 1 aromatic carbocycles. The molecule has 0 amide bonds. The molecule has 0 aliphatic heterocycles. The van der Waals surface area contributed by atoms with Gasteiger partial charge in [-0.15, -0.1) is 6.58 Å². The minimum Gasteiger partial charge on any atom is -0.395 e. The number of benzene rings is 1. The van der Waals surface area contributed by atoms with Crippen LogP contribution in [0.15, 0.2) is 49.2 Å². The van der Waals surface area contributed by atoms with Crippen molar-refractivity contribution in [2.24, 2.45) is 0 Å². The first kappa shape index (κ1) is 17.2. The van der Waals surface area contributed by atoms with Crippen molar-refractivity contribution in [3.63, 3.8) is 0 Å². The summed E-state index contributed by atoms with van der Waals surface area (Å²) in [5.41, 5.74) is 0.635. The highest BCUT2D eigenvalue weighted by Gasteiger charge is 2.33. The van der Waals surface area contributed by atoms with Crippen molar-refractivity contribution in [2.45, 2.75) is 12.7 Å². The summed E-state index contributed by atoms with van der Waals surface area (Å²) in [5, 5.41) is 12.6. The van der Waals surface area contributed by atoms with Gasteiger partial charge in [0.15, 0.2) is 5.69 Å². The fourth-order valence-electron chi connectivity index (χ4n) is 2.19. The number of halogens is 3. The zero-order valence-corrected chi connectivity index (χ0v) is 12.5. The molecule has 7 heteroatoms. The van der Waals surface area contributed by atoms with Gasteiger partial charge in [-0.2, -0.15) is 18.3 Å². The van der Waals surface area contributed by atoms with Crippen LogP contribution in [0.3, 0.4) is 0 Å². The molecule has 124 valence electrons. The van der Waals surface area contributed by atoms with Crippen LogP contribution in [0.2, 0.25) is 0 Å². The zero-order chi connectivity index (χ0) is 16.9. The average Bonchev–Trinajstić information content (AvgIpc) is 2.98. The molecule has 0 saturated heterocycles. The molecule has 1 heterocycles. The Morgan fingerprint density at radius 3 is 2.43 bits per heavy atom. The quantitative estimate of drug-likeness (QED) is 0.796. The second-order valence-corrected chi connectivity index (χ2v) is 5.06. The molecule has 0 aliphatic carbocycles. The lowest BCUT2D eigenvalue weighted by molar-refractivity contribution is -0.141. The van der Waals surface area contributed by atoms with Crippen LogP contribution in [-0.2, 0) is 12.7 Å². The van der Waals surface area contributed by atoms with Gasteiger partial charge in [-0.25, -0.2) is 4.68 Å². The smallest absolute Gasteiger partial charge is 0.395 e. The largest absolute Gasteiger partial charge is 0.435 e. The highest BCUT2D eigenvalue weighted by Crippen LogP contribution is 2.27.